The summed E-state index contributed by atoms with van der Waals surface area (Å²) in [5.41, 5.74) is 2.62. The van der Waals surface area contributed by atoms with Gasteiger partial charge in [0.2, 0.25) is 5.91 Å². The van der Waals surface area contributed by atoms with Crippen LogP contribution in [0.3, 0.4) is 0 Å². The molecule has 1 fully saturated rings. The Bertz CT molecular complexity index is 1020. The third-order valence-corrected chi connectivity index (χ3v) is 6.50. The lowest BCUT2D eigenvalue weighted by atomic mass is 10.1. The Hall–Kier alpha value is -2.70. The second kappa shape index (κ2) is 8.98. The summed E-state index contributed by atoms with van der Waals surface area (Å²) in [6.07, 6.45) is 1.61. The van der Waals surface area contributed by atoms with Crippen molar-refractivity contribution in [1.82, 2.24) is 9.80 Å². The summed E-state index contributed by atoms with van der Waals surface area (Å²) < 4.78 is 5.40. The van der Waals surface area contributed by atoms with Gasteiger partial charge in [0.1, 0.15) is 11.1 Å². The molecule has 7 heteroatoms. The smallest absolute Gasteiger partial charge is 0.253 e. The molecule has 2 heterocycles. The van der Waals surface area contributed by atoms with Gasteiger partial charge in [0, 0.05) is 24.2 Å². The minimum Gasteiger partial charge on any atom is -0.467 e. The van der Waals surface area contributed by atoms with Crippen LogP contribution in [-0.2, 0) is 17.9 Å². The standard InChI is InChI=1S/C23H21ClN2O3S/c1-25(13-16-4-10-19(24)11-5-16)22(28)17-6-8-18(9-7-17)23-26(21(27)15-30-23)14-20-3-2-12-29-20/h2-12,23H,13-15H2,1H3/t23-/m1/s1. The Morgan fingerprint density at radius 3 is 2.57 bits per heavy atom. The Labute approximate surface area is 184 Å². The van der Waals surface area contributed by atoms with Crippen LogP contribution in [0.15, 0.2) is 71.3 Å². The molecule has 30 heavy (non-hydrogen) atoms. The lowest BCUT2D eigenvalue weighted by Crippen LogP contribution is -2.28. The minimum absolute atomic E-state index is 0.0564. The molecule has 2 amide bonds. The molecule has 0 bridgehead atoms. The quantitative estimate of drug-likeness (QED) is 0.542. The molecular weight excluding hydrogens is 420 g/mol. The Kier molecular flexibility index (Phi) is 6.16. The van der Waals surface area contributed by atoms with E-state index in [-0.39, 0.29) is 17.2 Å². The number of halogens is 1. The number of hydrogen-bond acceptors (Lipinski definition) is 4. The summed E-state index contributed by atoms with van der Waals surface area (Å²) >= 11 is 7.51. The van der Waals surface area contributed by atoms with E-state index in [1.54, 1.807) is 30.0 Å². The first-order valence-electron chi connectivity index (χ1n) is 9.54. The molecule has 5 nitrogen and oxygen atoms in total. The zero-order valence-corrected chi connectivity index (χ0v) is 18.0. The normalized spacial score (nSPS) is 16.1. The van der Waals surface area contributed by atoms with Crippen LogP contribution in [0.1, 0.15) is 32.6 Å². The molecule has 0 spiro atoms. The molecule has 4 rings (SSSR count). The Balaban J connectivity index is 1.44. The SMILES string of the molecule is CN(Cc1ccc(Cl)cc1)C(=O)c1ccc([C@H]2SCC(=O)N2Cc2ccco2)cc1. The second-order valence-corrected chi connectivity index (χ2v) is 8.68. The molecule has 0 aliphatic carbocycles. The average molecular weight is 441 g/mol. The van der Waals surface area contributed by atoms with Crippen molar-refractivity contribution in [3.63, 3.8) is 0 Å². The highest BCUT2D eigenvalue weighted by Gasteiger charge is 2.33. The van der Waals surface area contributed by atoms with Gasteiger partial charge in [0.25, 0.3) is 5.91 Å². The molecule has 0 saturated carbocycles. The first-order valence-corrected chi connectivity index (χ1v) is 11.0. The molecule has 1 aromatic heterocycles. The number of carbonyl (C=O) groups excluding carboxylic acids is 2. The monoisotopic (exact) mass is 440 g/mol. The van der Waals surface area contributed by atoms with Crippen molar-refractivity contribution in [3.8, 4) is 0 Å². The van der Waals surface area contributed by atoms with Gasteiger partial charge in [-0.3, -0.25) is 9.59 Å². The number of furan rings is 1. The van der Waals surface area contributed by atoms with Gasteiger partial charge < -0.3 is 14.2 Å². The van der Waals surface area contributed by atoms with Crippen LogP contribution in [0.4, 0.5) is 0 Å². The molecule has 1 aliphatic heterocycles. The third-order valence-electron chi connectivity index (χ3n) is 5.00. The van der Waals surface area contributed by atoms with Gasteiger partial charge in [-0.2, -0.15) is 0 Å². The van der Waals surface area contributed by atoms with E-state index in [2.05, 4.69) is 0 Å². The molecule has 3 aromatic rings. The number of carbonyl (C=O) groups is 2. The molecule has 0 N–H and O–H groups in total. The molecule has 154 valence electrons. The van der Waals surface area contributed by atoms with Gasteiger partial charge in [-0.1, -0.05) is 35.9 Å². The van der Waals surface area contributed by atoms with Crippen molar-refractivity contribution in [1.29, 1.82) is 0 Å². The first kappa shape index (κ1) is 20.6. The number of benzene rings is 2. The van der Waals surface area contributed by atoms with Crippen molar-refractivity contribution in [2.45, 2.75) is 18.5 Å². The zero-order valence-electron chi connectivity index (χ0n) is 16.5. The van der Waals surface area contributed by atoms with Gasteiger partial charge in [0.15, 0.2) is 0 Å². The van der Waals surface area contributed by atoms with Gasteiger partial charge >= 0.3 is 0 Å². The van der Waals surface area contributed by atoms with E-state index in [9.17, 15) is 9.59 Å². The predicted molar refractivity (Wildman–Crippen MR) is 118 cm³/mol. The summed E-state index contributed by atoms with van der Waals surface area (Å²) in [4.78, 5) is 28.6. The maximum absolute atomic E-state index is 12.8. The minimum atomic E-state index is -0.0847. The van der Waals surface area contributed by atoms with Gasteiger partial charge in [0.05, 0.1) is 18.6 Å². The largest absolute Gasteiger partial charge is 0.467 e. The highest BCUT2D eigenvalue weighted by atomic mass is 35.5. The molecular formula is C23H21ClN2O3S. The summed E-state index contributed by atoms with van der Waals surface area (Å²) in [5, 5.41) is 0.589. The first-order chi connectivity index (χ1) is 14.5. The van der Waals surface area contributed by atoms with Crippen molar-refractivity contribution in [3.05, 3.63) is 94.4 Å². The van der Waals surface area contributed by atoms with Crippen molar-refractivity contribution < 1.29 is 14.0 Å². The Morgan fingerprint density at radius 2 is 1.90 bits per heavy atom. The number of thioether (sulfide) groups is 1. The molecule has 2 aromatic carbocycles. The van der Waals surface area contributed by atoms with E-state index >= 15 is 0 Å². The number of hydrogen-bond donors (Lipinski definition) is 0. The number of nitrogens with zero attached hydrogens (tertiary/aromatic N) is 2. The molecule has 1 saturated heterocycles. The maximum Gasteiger partial charge on any atom is 0.253 e. The summed E-state index contributed by atoms with van der Waals surface area (Å²) in [5.74, 6) is 1.23. The van der Waals surface area contributed by atoms with Crippen LogP contribution in [0.25, 0.3) is 0 Å². The summed E-state index contributed by atoms with van der Waals surface area (Å²) in [6, 6.07) is 18.6. The summed E-state index contributed by atoms with van der Waals surface area (Å²) in [6.45, 7) is 0.940. The second-order valence-electron chi connectivity index (χ2n) is 7.17. The average Bonchev–Trinajstić information content (AvgIpc) is 3.40. The number of amides is 2. The lowest BCUT2D eigenvalue weighted by molar-refractivity contribution is -0.128. The fraction of sp³-hybridized carbons (Fsp3) is 0.217. The van der Waals surface area contributed by atoms with Gasteiger partial charge in [-0.25, -0.2) is 0 Å². The number of rotatable bonds is 6. The van der Waals surface area contributed by atoms with E-state index in [1.807, 2.05) is 65.6 Å². The van der Waals surface area contributed by atoms with Crippen LogP contribution in [0.2, 0.25) is 5.02 Å². The molecule has 1 atom stereocenters. The van der Waals surface area contributed by atoms with Crippen molar-refractivity contribution >= 4 is 35.2 Å². The molecule has 0 unspecified atom stereocenters. The van der Waals surface area contributed by atoms with E-state index in [0.717, 1.165) is 16.9 Å². The van der Waals surface area contributed by atoms with E-state index < -0.39 is 0 Å². The van der Waals surface area contributed by atoms with Gasteiger partial charge in [-0.15, -0.1) is 11.8 Å². The van der Waals surface area contributed by atoms with Crippen LogP contribution in [-0.4, -0.2) is 34.4 Å². The predicted octanol–water partition coefficient (Wildman–Crippen LogP) is 4.98. The van der Waals surface area contributed by atoms with Crippen LogP contribution in [0, 0.1) is 0 Å². The topological polar surface area (TPSA) is 53.8 Å². The molecule has 0 radical (unpaired) electrons. The van der Waals surface area contributed by atoms with Crippen LogP contribution >= 0.6 is 23.4 Å². The highest BCUT2D eigenvalue weighted by molar-refractivity contribution is 8.00. The lowest BCUT2D eigenvalue weighted by Gasteiger charge is -2.23. The van der Waals surface area contributed by atoms with Gasteiger partial charge in [-0.05, 0) is 47.5 Å². The van der Waals surface area contributed by atoms with Crippen molar-refractivity contribution in [2.75, 3.05) is 12.8 Å². The summed E-state index contributed by atoms with van der Waals surface area (Å²) in [7, 11) is 1.78. The third kappa shape index (κ3) is 4.55. The zero-order chi connectivity index (χ0) is 21.1. The van der Waals surface area contributed by atoms with E-state index in [4.69, 9.17) is 16.0 Å². The van der Waals surface area contributed by atoms with Crippen LogP contribution in [0.5, 0.6) is 0 Å². The highest BCUT2D eigenvalue weighted by Crippen LogP contribution is 2.39. The Morgan fingerprint density at radius 1 is 1.17 bits per heavy atom. The van der Waals surface area contributed by atoms with Crippen molar-refractivity contribution in [2.24, 2.45) is 0 Å². The molecule has 1 aliphatic rings. The van der Waals surface area contributed by atoms with Crippen LogP contribution < -0.4 is 0 Å². The van der Waals surface area contributed by atoms with E-state index in [0.29, 0.717) is 29.4 Å². The van der Waals surface area contributed by atoms with E-state index in [1.165, 1.54) is 0 Å². The maximum atomic E-state index is 12.8. The fourth-order valence-corrected chi connectivity index (χ4v) is 4.73. The fourth-order valence-electron chi connectivity index (χ4n) is 3.42.